The van der Waals surface area contributed by atoms with Crippen LogP contribution in [0.2, 0.25) is 0 Å². The van der Waals surface area contributed by atoms with Crippen molar-refractivity contribution in [3.63, 3.8) is 0 Å². The molecule has 1 aliphatic heterocycles. The first-order chi connectivity index (χ1) is 12.9. The summed E-state index contributed by atoms with van der Waals surface area (Å²) in [4.78, 5) is 2.41. The summed E-state index contributed by atoms with van der Waals surface area (Å²) < 4.78 is 0. The van der Waals surface area contributed by atoms with Crippen LogP contribution in [0.3, 0.4) is 0 Å². The lowest BCUT2D eigenvalue weighted by atomic mass is 9.83. The van der Waals surface area contributed by atoms with E-state index in [4.69, 9.17) is 0 Å². The van der Waals surface area contributed by atoms with Gasteiger partial charge in [-0.2, -0.15) is 0 Å². The van der Waals surface area contributed by atoms with E-state index >= 15 is 0 Å². The molecule has 150 valence electrons. The van der Waals surface area contributed by atoms with Gasteiger partial charge in [0.1, 0.15) is 0 Å². The summed E-state index contributed by atoms with van der Waals surface area (Å²) in [6, 6.07) is 8.54. The lowest BCUT2D eigenvalue weighted by molar-refractivity contribution is 0.0156. The van der Waals surface area contributed by atoms with Crippen molar-refractivity contribution in [2.75, 3.05) is 19.6 Å². The Balaban J connectivity index is 1.27. The maximum atomic E-state index is 11.1. The van der Waals surface area contributed by atoms with Crippen molar-refractivity contribution in [3.05, 3.63) is 35.4 Å². The molecule has 1 heterocycles. The minimum Gasteiger partial charge on any atom is -0.393 e. The van der Waals surface area contributed by atoms with Gasteiger partial charge in [0.15, 0.2) is 0 Å². The third-order valence-corrected chi connectivity index (χ3v) is 7.32. The highest BCUT2D eigenvalue weighted by Crippen LogP contribution is 2.45. The van der Waals surface area contributed by atoms with Crippen LogP contribution >= 0.6 is 0 Å². The van der Waals surface area contributed by atoms with Crippen LogP contribution in [-0.2, 0) is 6.42 Å². The van der Waals surface area contributed by atoms with E-state index in [-0.39, 0.29) is 12.2 Å². The predicted molar refractivity (Wildman–Crippen MR) is 106 cm³/mol. The van der Waals surface area contributed by atoms with Gasteiger partial charge in [-0.3, -0.25) is 0 Å². The Labute approximate surface area is 163 Å². The summed E-state index contributed by atoms with van der Waals surface area (Å²) in [5, 5.41) is 31.4. The molecule has 3 aliphatic rings. The van der Waals surface area contributed by atoms with Gasteiger partial charge >= 0.3 is 0 Å². The van der Waals surface area contributed by atoms with E-state index in [9.17, 15) is 15.3 Å². The minimum absolute atomic E-state index is 0.161. The summed E-state index contributed by atoms with van der Waals surface area (Å²) in [7, 11) is 0. The molecule has 1 aromatic rings. The number of likely N-dealkylation sites (tertiary alicyclic amines) is 1. The molecule has 0 bridgehead atoms. The SMILES string of the molecule is Cc1ccc(CC2(O)C[C@H]3CN(CC(O)C4CCC(O)CC4)C[C@H]3C2)cc1. The number of aliphatic hydroxyl groups is 3. The van der Waals surface area contributed by atoms with Crippen molar-refractivity contribution >= 4 is 0 Å². The second kappa shape index (κ2) is 7.82. The van der Waals surface area contributed by atoms with Gasteiger partial charge in [0.05, 0.1) is 17.8 Å². The highest BCUT2D eigenvalue weighted by Gasteiger charge is 2.48. The van der Waals surface area contributed by atoms with Crippen LogP contribution in [0, 0.1) is 24.7 Å². The molecule has 4 rings (SSSR count). The van der Waals surface area contributed by atoms with Crippen molar-refractivity contribution in [2.45, 2.75) is 69.7 Å². The van der Waals surface area contributed by atoms with E-state index in [1.54, 1.807) is 0 Å². The number of β-amino-alcohol motifs (C(OH)–C–C–N with tert-alkyl or cyclic N) is 1. The van der Waals surface area contributed by atoms with Gasteiger partial charge < -0.3 is 20.2 Å². The summed E-state index contributed by atoms with van der Waals surface area (Å²) in [5.41, 5.74) is 1.93. The molecule has 2 aliphatic carbocycles. The standard InChI is InChI=1S/C23H35NO3/c1-16-2-4-17(5-3-16)10-23(27)11-19-13-24(14-20(19)12-23)15-22(26)18-6-8-21(25)9-7-18/h2-5,18-22,25-27H,6-15H2,1H3/t18?,19-,20+,21?,22?,23?. The number of fused-ring (bicyclic) bond motifs is 1. The number of aliphatic hydroxyl groups excluding tert-OH is 2. The fourth-order valence-electron chi connectivity index (χ4n) is 5.84. The first kappa shape index (κ1) is 19.4. The highest BCUT2D eigenvalue weighted by atomic mass is 16.3. The highest BCUT2D eigenvalue weighted by molar-refractivity contribution is 5.23. The molecule has 0 radical (unpaired) electrons. The quantitative estimate of drug-likeness (QED) is 0.742. The molecule has 0 spiro atoms. The topological polar surface area (TPSA) is 63.9 Å². The number of hydrogen-bond acceptors (Lipinski definition) is 4. The Morgan fingerprint density at radius 2 is 1.63 bits per heavy atom. The second-order valence-electron chi connectivity index (χ2n) is 9.67. The van der Waals surface area contributed by atoms with Gasteiger partial charge in [-0.05, 0) is 68.8 Å². The van der Waals surface area contributed by atoms with Crippen LogP contribution in [-0.4, -0.2) is 57.7 Å². The molecule has 3 N–H and O–H groups in total. The molecule has 1 aromatic carbocycles. The average molecular weight is 374 g/mol. The van der Waals surface area contributed by atoms with Gasteiger partial charge in [-0.15, -0.1) is 0 Å². The summed E-state index contributed by atoms with van der Waals surface area (Å²) in [6.45, 7) is 4.86. The largest absolute Gasteiger partial charge is 0.393 e. The molecule has 2 unspecified atom stereocenters. The summed E-state index contributed by atoms with van der Waals surface area (Å²) >= 11 is 0. The number of benzene rings is 1. The predicted octanol–water partition coefficient (Wildman–Crippen LogP) is 2.52. The van der Waals surface area contributed by atoms with Gasteiger partial charge in [0, 0.05) is 26.1 Å². The number of aryl methyl sites for hydroxylation is 1. The van der Waals surface area contributed by atoms with Gasteiger partial charge in [0.2, 0.25) is 0 Å². The van der Waals surface area contributed by atoms with Crippen molar-refractivity contribution in [3.8, 4) is 0 Å². The maximum Gasteiger partial charge on any atom is 0.0695 e. The molecule has 4 nitrogen and oxygen atoms in total. The third-order valence-electron chi connectivity index (χ3n) is 7.32. The van der Waals surface area contributed by atoms with Gasteiger partial charge in [-0.1, -0.05) is 29.8 Å². The van der Waals surface area contributed by atoms with Gasteiger partial charge in [0.25, 0.3) is 0 Å². The van der Waals surface area contributed by atoms with Crippen molar-refractivity contribution < 1.29 is 15.3 Å². The van der Waals surface area contributed by atoms with Gasteiger partial charge in [-0.25, -0.2) is 0 Å². The molecule has 27 heavy (non-hydrogen) atoms. The minimum atomic E-state index is -0.561. The molecule has 2 saturated carbocycles. The Kier molecular flexibility index (Phi) is 5.62. The first-order valence-electron chi connectivity index (χ1n) is 10.8. The Bertz CT molecular complexity index is 609. The normalized spacial score (nSPS) is 38.1. The number of hydrogen-bond donors (Lipinski definition) is 3. The first-order valence-corrected chi connectivity index (χ1v) is 10.8. The monoisotopic (exact) mass is 373 g/mol. The van der Waals surface area contributed by atoms with Crippen LogP contribution in [0.5, 0.6) is 0 Å². The number of rotatable bonds is 5. The van der Waals surface area contributed by atoms with E-state index in [0.29, 0.717) is 17.8 Å². The van der Waals surface area contributed by atoms with E-state index in [1.807, 2.05) is 0 Å². The lowest BCUT2D eigenvalue weighted by Gasteiger charge is -2.32. The van der Waals surface area contributed by atoms with E-state index in [0.717, 1.165) is 64.6 Å². The van der Waals surface area contributed by atoms with E-state index in [1.165, 1.54) is 11.1 Å². The molecule has 0 aromatic heterocycles. The molecule has 3 fully saturated rings. The third kappa shape index (κ3) is 4.56. The molecule has 0 amide bonds. The fraction of sp³-hybridized carbons (Fsp3) is 0.739. The van der Waals surface area contributed by atoms with E-state index in [2.05, 4.69) is 36.1 Å². The Hall–Kier alpha value is -0.940. The lowest BCUT2D eigenvalue weighted by Crippen LogP contribution is -2.39. The second-order valence-corrected chi connectivity index (χ2v) is 9.67. The zero-order valence-electron chi connectivity index (χ0n) is 16.6. The van der Waals surface area contributed by atoms with Crippen LogP contribution < -0.4 is 0 Å². The van der Waals surface area contributed by atoms with Crippen molar-refractivity contribution in [1.82, 2.24) is 4.90 Å². The smallest absolute Gasteiger partial charge is 0.0695 e. The number of nitrogens with zero attached hydrogens (tertiary/aromatic N) is 1. The average Bonchev–Trinajstić information content (AvgIpc) is 3.11. The molecular weight excluding hydrogens is 338 g/mol. The van der Waals surface area contributed by atoms with Crippen molar-refractivity contribution in [1.29, 1.82) is 0 Å². The van der Waals surface area contributed by atoms with Crippen LogP contribution in [0.25, 0.3) is 0 Å². The maximum absolute atomic E-state index is 11.1. The molecule has 4 heteroatoms. The Morgan fingerprint density at radius 3 is 2.22 bits per heavy atom. The molecular formula is C23H35NO3. The zero-order valence-corrected chi connectivity index (χ0v) is 16.6. The van der Waals surface area contributed by atoms with Crippen LogP contribution in [0.15, 0.2) is 24.3 Å². The van der Waals surface area contributed by atoms with Crippen LogP contribution in [0.1, 0.15) is 49.7 Å². The molecule has 1 saturated heterocycles. The van der Waals surface area contributed by atoms with E-state index < -0.39 is 5.60 Å². The zero-order chi connectivity index (χ0) is 19.0. The summed E-state index contributed by atoms with van der Waals surface area (Å²) in [5.74, 6) is 1.45. The molecule has 4 atom stereocenters. The fourth-order valence-corrected chi connectivity index (χ4v) is 5.84. The van der Waals surface area contributed by atoms with Crippen LogP contribution in [0.4, 0.5) is 0 Å². The Morgan fingerprint density at radius 1 is 1.04 bits per heavy atom. The van der Waals surface area contributed by atoms with Crippen molar-refractivity contribution in [2.24, 2.45) is 17.8 Å². The summed E-state index contributed by atoms with van der Waals surface area (Å²) in [6.07, 6.45) is 5.64.